The van der Waals surface area contributed by atoms with Crippen LogP contribution in [-0.2, 0) is 42.8 Å². The Morgan fingerprint density at radius 3 is 1.33 bits per heavy atom. The topological polar surface area (TPSA) is 107 Å². The van der Waals surface area contributed by atoms with Crippen LogP contribution in [0.25, 0.3) is 0 Å². The van der Waals surface area contributed by atoms with E-state index in [9.17, 15) is 14.4 Å². The first-order valence-electron chi connectivity index (χ1n) is 16.7. The van der Waals surface area contributed by atoms with Crippen molar-refractivity contribution < 1.29 is 42.8 Å². The lowest BCUT2D eigenvalue weighted by Crippen LogP contribution is -2.40. The standard InChI is InChI=1S/C36H54O9/c1-7-16-29(40-10-4)19-13-24-43-34(37)28-22-23-32(35(38)44-25-14-20-30(17-8-2)41-11-5)33(27-28)36(39)45-26-15-21-31(18-9-3)42-12-6/h4-6,28-33H,7-9,13-27H2,1-3H3. The highest BCUT2D eigenvalue weighted by molar-refractivity contribution is 5.83. The van der Waals surface area contributed by atoms with Gasteiger partial charge in [0.15, 0.2) is 0 Å². The van der Waals surface area contributed by atoms with Gasteiger partial charge in [0.2, 0.25) is 0 Å². The van der Waals surface area contributed by atoms with Crippen LogP contribution < -0.4 is 0 Å². The number of ether oxygens (including phenoxy) is 6. The second kappa shape index (κ2) is 24.8. The van der Waals surface area contributed by atoms with Crippen LogP contribution in [-0.4, -0.2) is 56.0 Å². The van der Waals surface area contributed by atoms with Crippen molar-refractivity contribution in [2.24, 2.45) is 17.8 Å². The van der Waals surface area contributed by atoms with Crippen molar-refractivity contribution in [2.75, 3.05) is 19.8 Å². The summed E-state index contributed by atoms with van der Waals surface area (Å²) >= 11 is 0. The van der Waals surface area contributed by atoms with Crippen LogP contribution in [0.15, 0.2) is 0 Å². The molecule has 0 aromatic carbocycles. The maximum Gasteiger partial charge on any atom is 0.309 e. The fraction of sp³-hybridized carbons (Fsp3) is 0.750. The average molecular weight is 631 g/mol. The third kappa shape index (κ3) is 16.4. The lowest BCUT2D eigenvalue weighted by atomic mass is 9.74. The molecule has 0 aromatic heterocycles. The second-order valence-corrected chi connectivity index (χ2v) is 11.6. The second-order valence-electron chi connectivity index (χ2n) is 11.6. The van der Waals surface area contributed by atoms with Gasteiger partial charge in [-0.3, -0.25) is 14.4 Å². The molecule has 1 aliphatic carbocycles. The minimum absolute atomic E-state index is 0.0722. The Balaban J connectivity index is 2.77. The van der Waals surface area contributed by atoms with Crippen LogP contribution in [0.5, 0.6) is 0 Å². The molecular weight excluding hydrogens is 576 g/mol. The lowest BCUT2D eigenvalue weighted by Gasteiger charge is -2.32. The Hall–Kier alpha value is -3.51. The molecule has 0 spiro atoms. The fourth-order valence-electron chi connectivity index (χ4n) is 5.75. The maximum absolute atomic E-state index is 13.3. The zero-order valence-electron chi connectivity index (χ0n) is 27.6. The smallest absolute Gasteiger partial charge is 0.309 e. The molecule has 0 heterocycles. The van der Waals surface area contributed by atoms with Gasteiger partial charge in [-0.2, -0.15) is 0 Å². The minimum Gasteiger partial charge on any atom is -0.465 e. The molecule has 0 saturated heterocycles. The highest BCUT2D eigenvalue weighted by Gasteiger charge is 2.43. The molecule has 0 N–H and O–H groups in total. The van der Waals surface area contributed by atoms with Gasteiger partial charge in [-0.15, -0.1) is 0 Å². The number of rotatable bonds is 24. The van der Waals surface area contributed by atoms with E-state index in [1.54, 1.807) is 0 Å². The zero-order chi connectivity index (χ0) is 33.3. The first kappa shape index (κ1) is 39.5. The molecule has 0 aliphatic heterocycles. The summed E-state index contributed by atoms with van der Waals surface area (Å²) < 4.78 is 32.6. The molecule has 252 valence electrons. The first-order valence-corrected chi connectivity index (χ1v) is 16.7. The van der Waals surface area contributed by atoms with Gasteiger partial charge in [-0.05, 0) is 77.0 Å². The Morgan fingerprint density at radius 1 is 0.578 bits per heavy atom. The van der Waals surface area contributed by atoms with E-state index in [4.69, 9.17) is 47.7 Å². The van der Waals surface area contributed by atoms with Gasteiger partial charge < -0.3 is 28.4 Å². The summed E-state index contributed by atoms with van der Waals surface area (Å²) in [4.78, 5) is 39.4. The van der Waals surface area contributed by atoms with Gasteiger partial charge in [0.1, 0.15) is 36.6 Å². The van der Waals surface area contributed by atoms with E-state index in [1.165, 1.54) is 0 Å². The van der Waals surface area contributed by atoms with Gasteiger partial charge in [0.05, 0.1) is 37.6 Å². The molecule has 1 saturated carbocycles. The normalized spacial score (nSPS) is 19.3. The van der Waals surface area contributed by atoms with E-state index >= 15 is 0 Å². The number of hydrogen-bond donors (Lipinski definition) is 0. The predicted molar refractivity (Wildman–Crippen MR) is 171 cm³/mol. The number of esters is 3. The van der Waals surface area contributed by atoms with Crippen LogP contribution in [0, 0.1) is 55.3 Å². The van der Waals surface area contributed by atoms with E-state index in [2.05, 4.69) is 25.2 Å². The van der Waals surface area contributed by atoms with Crippen LogP contribution in [0.3, 0.4) is 0 Å². The summed E-state index contributed by atoms with van der Waals surface area (Å²) in [7, 11) is 0. The lowest BCUT2D eigenvalue weighted by molar-refractivity contribution is -0.167. The summed E-state index contributed by atoms with van der Waals surface area (Å²) in [6.07, 6.45) is 32.1. The van der Waals surface area contributed by atoms with Crippen molar-refractivity contribution in [2.45, 2.75) is 135 Å². The summed E-state index contributed by atoms with van der Waals surface area (Å²) in [5.74, 6) is -3.40. The molecular formula is C36H54O9. The molecule has 0 bridgehead atoms. The average Bonchev–Trinajstić information content (AvgIpc) is 3.03. The third-order valence-electron chi connectivity index (χ3n) is 8.07. The van der Waals surface area contributed by atoms with E-state index < -0.39 is 29.7 Å². The zero-order valence-corrected chi connectivity index (χ0v) is 27.6. The van der Waals surface area contributed by atoms with Crippen molar-refractivity contribution in [3.63, 3.8) is 0 Å². The van der Waals surface area contributed by atoms with Crippen LogP contribution in [0.2, 0.25) is 0 Å². The van der Waals surface area contributed by atoms with Gasteiger partial charge in [0.25, 0.3) is 0 Å². The number of carbonyl (C=O) groups excluding carboxylic acids is 3. The van der Waals surface area contributed by atoms with Gasteiger partial charge >= 0.3 is 17.9 Å². The van der Waals surface area contributed by atoms with Crippen molar-refractivity contribution in [3.8, 4) is 37.6 Å². The summed E-state index contributed by atoms with van der Waals surface area (Å²) in [5, 5.41) is 0. The number of hydrogen-bond acceptors (Lipinski definition) is 9. The highest BCUT2D eigenvalue weighted by atomic mass is 16.5. The van der Waals surface area contributed by atoms with E-state index in [0.717, 1.165) is 38.5 Å². The molecule has 0 aromatic rings. The molecule has 9 heteroatoms. The summed E-state index contributed by atoms with van der Waals surface area (Å²) in [6.45, 7) is 6.72. The van der Waals surface area contributed by atoms with Crippen LogP contribution in [0.4, 0.5) is 0 Å². The van der Waals surface area contributed by atoms with E-state index in [-0.39, 0.29) is 50.5 Å². The third-order valence-corrected chi connectivity index (χ3v) is 8.07. The Bertz CT molecular complexity index is 972. The van der Waals surface area contributed by atoms with Crippen molar-refractivity contribution in [1.82, 2.24) is 0 Å². The molecule has 6 atom stereocenters. The van der Waals surface area contributed by atoms with Gasteiger partial charge in [0, 0.05) is 0 Å². The first-order chi connectivity index (χ1) is 21.8. The number of carbonyl (C=O) groups is 3. The van der Waals surface area contributed by atoms with Crippen LogP contribution >= 0.6 is 0 Å². The summed E-state index contributed by atoms with van der Waals surface area (Å²) in [5.41, 5.74) is 0. The van der Waals surface area contributed by atoms with E-state index in [1.807, 2.05) is 13.8 Å². The molecule has 9 nitrogen and oxygen atoms in total. The highest BCUT2D eigenvalue weighted by Crippen LogP contribution is 2.36. The largest absolute Gasteiger partial charge is 0.465 e. The molecule has 1 fully saturated rings. The van der Waals surface area contributed by atoms with Crippen molar-refractivity contribution in [1.29, 1.82) is 0 Å². The predicted octanol–water partition coefficient (Wildman–Crippen LogP) is 6.32. The fourth-order valence-corrected chi connectivity index (χ4v) is 5.75. The van der Waals surface area contributed by atoms with Crippen molar-refractivity contribution in [3.05, 3.63) is 0 Å². The molecule has 1 rings (SSSR count). The van der Waals surface area contributed by atoms with Gasteiger partial charge in [-0.1, -0.05) is 59.3 Å². The maximum atomic E-state index is 13.3. The Morgan fingerprint density at radius 2 is 0.956 bits per heavy atom. The Kier molecular flexibility index (Phi) is 21.7. The molecule has 1 aliphatic rings. The SMILES string of the molecule is C#COC(CCC)CCCOC(=O)C1CCC(C(=O)OCCCC(CCC)OC#C)C(C(=O)OCCCC(CCC)OC#C)C1. The van der Waals surface area contributed by atoms with Gasteiger partial charge in [-0.25, -0.2) is 0 Å². The van der Waals surface area contributed by atoms with Crippen molar-refractivity contribution >= 4 is 17.9 Å². The molecule has 45 heavy (non-hydrogen) atoms. The van der Waals surface area contributed by atoms with E-state index in [0.29, 0.717) is 51.4 Å². The molecule has 0 amide bonds. The summed E-state index contributed by atoms with van der Waals surface area (Å²) in [6, 6.07) is 0. The Labute approximate surface area is 271 Å². The van der Waals surface area contributed by atoms with Crippen LogP contribution in [0.1, 0.15) is 117 Å². The molecule has 6 unspecified atom stereocenters. The monoisotopic (exact) mass is 630 g/mol. The molecule has 0 radical (unpaired) electrons. The minimum atomic E-state index is -0.812. The quantitative estimate of drug-likeness (QED) is 0.0524. The number of terminal acetylenes is 3.